The van der Waals surface area contributed by atoms with Crippen molar-refractivity contribution < 1.29 is 17.7 Å². The highest BCUT2D eigenvalue weighted by Crippen LogP contribution is 2.39. The zero-order chi connectivity index (χ0) is 64.9. The highest BCUT2D eigenvalue weighted by molar-refractivity contribution is 6.09. The van der Waals surface area contributed by atoms with Gasteiger partial charge in [0.05, 0.1) is 34.2 Å². The van der Waals surface area contributed by atoms with E-state index < -0.39 is 0 Å². The Morgan fingerprint density at radius 3 is 0.784 bits per heavy atom. The highest BCUT2D eigenvalue weighted by Gasteiger charge is 2.18. The van der Waals surface area contributed by atoms with E-state index >= 15 is 0 Å². The van der Waals surface area contributed by atoms with Gasteiger partial charge in [-0.1, -0.05) is 158 Å². The Bertz CT molecular complexity index is 6000. The van der Waals surface area contributed by atoms with Gasteiger partial charge in [0, 0.05) is 88.9 Å². The van der Waals surface area contributed by atoms with Crippen LogP contribution in [0.5, 0.6) is 0 Å². The van der Waals surface area contributed by atoms with Gasteiger partial charge in [-0.15, -0.1) is 0 Å². The number of rotatable bonds is 8. The maximum atomic E-state index is 6.15. The monoisotopic (exact) mass is 1250 g/mol. The summed E-state index contributed by atoms with van der Waals surface area (Å²) in [4.78, 5) is 32.4. The first-order valence-corrected chi connectivity index (χ1v) is 32.1. The SMILES string of the molecule is Cc1nc(-c2cc(-c3ccccc3)cc(-c3ccccc3)c2)cc(-c2ccc3c(c2)oc2ccccc23)n1.Cc1nc(-c2ccc3c(c2)oc2ccccc23)cc(-c2ccc3c(c2)oc2ccccc23)n1.Cc1nc(-c2cccnc2)cc(-c2ccc3c(c2)oc2ccccc23)n1. The maximum absolute atomic E-state index is 6.15. The molecule has 11 nitrogen and oxygen atoms in total. The minimum Gasteiger partial charge on any atom is -0.456 e. The van der Waals surface area contributed by atoms with Gasteiger partial charge in [0.1, 0.15) is 62.1 Å². The van der Waals surface area contributed by atoms with Crippen LogP contribution in [0.2, 0.25) is 0 Å². The minimum absolute atomic E-state index is 0.719. The lowest BCUT2D eigenvalue weighted by molar-refractivity contribution is 0.668. The maximum Gasteiger partial charge on any atom is 0.136 e. The largest absolute Gasteiger partial charge is 0.456 e. The second-order valence-electron chi connectivity index (χ2n) is 24.1. The number of pyridine rings is 1. The van der Waals surface area contributed by atoms with Crippen LogP contribution >= 0.6 is 0 Å². The average molecular weight is 1250 g/mol. The number of nitrogens with zero attached hydrogens (tertiary/aromatic N) is 7. The molecule has 11 aromatic carbocycles. The molecule has 0 fully saturated rings. The van der Waals surface area contributed by atoms with Gasteiger partial charge in [0.15, 0.2) is 0 Å². The molecule has 0 saturated heterocycles. The topological polar surface area (TPSA) is 143 Å². The van der Waals surface area contributed by atoms with E-state index in [1.165, 1.54) is 11.1 Å². The van der Waals surface area contributed by atoms with Gasteiger partial charge in [-0.05, 0) is 164 Å². The summed E-state index contributed by atoms with van der Waals surface area (Å²) in [5.41, 5.74) is 23.0. The molecule has 0 unspecified atom stereocenters. The van der Waals surface area contributed by atoms with E-state index in [4.69, 9.17) is 37.6 Å². The Balaban J connectivity index is 0.000000112. The van der Waals surface area contributed by atoms with E-state index in [-0.39, 0.29) is 0 Å². The number of hydrogen-bond donors (Lipinski definition) is 0. The number of aromatic nitrogens is 7. The molecule has 11 heteroatoms. The van der Waals surface area contributed by atoms with E-state index in [2.05, 4.69) is 179 Å². The fourth-order valence-corrected chi connectivity index (χ4v) is 13.0. The summed E-state index contributed by atoms with van der Waals surface area (Å²) in [6, 6.07) is 95.2. The Morgan fingerprint density at radius 2 is 0.464 bits per heavy atom. The lowest BCUT2D eigenvalue weighted by atomic mass is 9.94. The van der Waals surface area contributed by atoms with Crippen LogP contribution < -0.4 is 0 Å². The zero-order valence-corrected chi connectivity index (χ0v) is 53.0. The van der Waals surface area contributed by atoms with Crippen molar-refractivity contribution in [2.45, 2.75) is 20.8 Å². The summed E-state index contributed by atoms with van der Waals surface area (Å²) in [6.45, 7) is 5.78. The van der Waals surface area contributed by atoms with Crippen molar-refractivity contribution in [3.8, 4) is 89.8 Å². The molecule has 0 amide bonds. The van der Waals surface area contributed by atoms with Crippen LogP contribution in [0.15, 0.2) is 309 Å². The molecule has 19 rings (SSSR count). The van der Waals surface area contributed by atoms with Gasteiger partial charge in [-0.25, -0.2) is 29.9 Å². The van der Waals surface area contributed by atoms with Crippen molar-refractivity contribution in [1.29, 1.82) is 0 Å². The van der Waals surface area contributed by atoms with Crippen molar-refractivity contribution in [1.82, 2.24) is 34.9 Å². The van der Waals surface area contributed by atoms with E-state index in [0.717, 1.165) is 184 Å². The van der Waals surface area contributed by atoms with Gasteiger partial charge in [0.2, 0.25) is 0 Å². The molecule has 0 atom stereocenters. The van der Waals surface area contributed by atoms with Crippen molar-refractivity contribution in [3.63, 3.8) is 0 Å². The number of fused-ring (bicyclic) bond motifs is 12. The average Bonchev–Trinajstić information content (AvgIpc) is 1.69. The number of aryl methyl sites for hydroxylation is 3. The molecule has 0 aliphatic rings. The van der Waals surface area contributed by atoms with Crippen LogP contribution in [0.3, 0.4) is 0 Å². The minimum atomic E-state index is 0.719. The third-order valence-corrected chi connectivity index (χ3v) is 17.6. The van der Waals surface area contributed by atoms with E-state index in [0.29, 0.717) is 0 Å². The van der Waals surface area contributed by atoms with Crippen LogP contribution in [-0.2, 0) is 0 Å². The third kappa shape index (κ3) is 11.4. The molecule has 0 aliphatic carbocycles. The van der Waals surface area contributed by atoms with E-state index in [9.17, 15) is 0 Å². The number of furan rings is 4. The Labute approximate surface area is 556 Å². The predicted octanol–water partition coefficient (Wildman–Crippen LogP) is 22.7. The van der Waals surface area contributed by atoms with Gasteiger partial charge >= 0.3 is 0 Å². The first kappa shape index (κ1) is 57.9. The van der Waals surface area contributed by atoms with Crippen LogP contribution in [0.25, 0.3) is 178 Å². The smallest absolute Gasteiger partial charge is 0.136 e. The summed E-state index contributed by atoms with van der Waals surface area (Å²) >= 11 is 0. The Hall–Kier alpha value is -13.0. The van der Waals surface area contributed by atoms with Crippen molar-refractivity contribution in [2.75, 3.05) is 0 Å². The molecule has 0 aliphatic heterocycles. The fraction of sp³-hybridized carbons (Fsp3) is 0.0349. The Kier molecular flexibility index (Phi) is 14.6. The normalized spacial score (nSPS) is 11.5. The molecule has 8 aromatic heterocycles. The molecule has 8 heterocycles. The van der Waals surface area contributed by atoms with Gasteiger partial charge in [-0.2, -0.15) is 0 Å². The molecule has 0 radical (unpaired) electrons. The molecule has 0 bridgehead atoms. The second-order valence-corrected chi connectivity index (χ2v) is 24.1. The molecular weight excluding hydrogens is 1190 g/mol. The molecule has 460 valence electrons. The van der Waals surface area contributed by atoms with Crippen LogP contribution in [0, 0.1) is 20.8 Å². The lowest BCUT2D eigenvalue weighted by Crippen LogP contribution is -1.95. The quantitative estimate of drug-likeness (QED) is 0.143. The van der Waals surface area contributed by atoms with Crippen molar-refractivity contribution in [3.05, 3.63) is 309 Å². The predicted molar refractivity (Wildman–Crippen MR) is 391 cm³/mol. The summed E-state index contributed by atoms with van der Waals surface area (Å²) < 4.78 is 24.3. The molecule has 0 N–H and O–H groups in total. The van der Waals surface area contributed by atoms with Gasteiger partial charge in [-0.3, -0.25) is 4.98 Å². The molecule has 0 saturated carbocycles. The fourth-order valence-electron chi connectivity index (χ4n) is 13.0. The first-order valence-electron chi connectivity index (χ1n) is 32.1. The molecule has 97 heavy (non-hydrogen) atoms. The van der Waals surface area contributed by atoms with E-state index in [1.54, 1.807) is 6.20 Å². The van der Waals surface area contributed by atoms with Crippen LogP contribution in [-0.4, -0.2) is 34.9 Å². The van der Waals surface area contributed by atoms with Crippen molar-refractivity contribution >= 4 is 87.8 Å². The van der Waals surface area contributed by atoms with E-state index in [1.807, 2.05) is 142 Å². The summed E-state index contributed by atoms with van der Waals surface area (Å²) in [6.07, 6.45) is 3.57. The number of hydrogen-bond acceptors (Lipinski definition) is 11. The summed E-state index contributed by atoms with van der Waals surface area (Å²) in [5, 5.41) is 8.94. The Morgan fingerprint density at radius 1 is 0.196 bits per heavy atom. The van der Waals surface area contributed by atoms with Crippen LogP contribution in [0.1, 0.15) is 17.5 Å². The standard InChI is InChI=1S/C35H24N2O.C29H18N2O2.C22H15N3O/c1-23-36-32(26-16-17-31-30-14-8-9-15-34(30)38-35(31)21-26)22-33(37-23)29-19-27(24-10-4-2-5-11-24)18-28(20-29)25-12-6-3-7-13-25;1-17-30-24(18-10-12-22-20-6-2-4-8-26(20)32-28(22)14-18)16-25(31-17)19-11-13-23-21-7-3-5-9-27(21)33-29(23)15-19;1-14-24-19(12-20(25-14)16-5-4-10-23-13-16)15-8-9-18-17-6-2-3-7-21(17)26-22(18)11-15/h2-22H,1H3;2-16H,1H3;2-13H,1H3. The highest BCUT2D eigenvalue weighted by atomic mass is 16.3. The number of para-hydroxylation sites is 4. The van der Waals surface area contributed by atoms with Crippen LogP contribution in [0.4, 0.5) is 0 Å². The second kappa shape index (κ2) is 24.5. The van der Waals surface area contributed by atoms with Crippen molar-refractivity contribution in [2.24, 2.45) is 0 Å². The molecule has 19 aromatic rings. The molecular formula is C86H57N7O4. The van der Waals surface area contributed by atoms with Gasteiger partial charge in [0.25, 0.3) is 0 Å². The summed E-state index contributed by atoms with van der Waals surface area (Å²) in [7, 11) is 0. The first-order chi connectivity index (χ1) is 47.7. The van der Waals surface area contributed by atoms with Gasteiger partial charge < -0.3 is 17.7 Å². The zero-order valence-electron chi connectivity index (χ0n) is 53.0. The summed E-state index contributed by atoms with van der Waals surface area (Å²) in [5.74, 6) is 2.18. The third-order valence-electron chi connectivity index (χ3n) is 17.6. The lowest BCUT2D eigenvalue weighted by Gasteiger charge is -2.12. The molecule has 0 spiro atoms. The number of benzene rings is 11.